The van der Waals surface area contributed by atoms with E-state index in [-0.39, 0.29) is 5.91 Å². The van der Waals surface area contributed by atoms with E-state index in [1.165, 1.54) is 5.56 Å². The van der Waals surface area contributed by atoms with E-state index < -0.39 is 0 Å². The van der Waals surface area contributed by atoms with Crippen molar-refractivity contribution in [2.45, 2.75) is 20.1 Å². The Morgan fingerprint density at radius 1 is 0.931 bits per heavy atom. The third kappa shape index (κ3) is 4.87. The van der Waals surface area contributed by atoms with Crippen molar-refractivity contribution in [1.29, 1.82) is 0 Å². The van der Waals surface area contributed by atoms with Crippen molar-refractivity contribution in [1.82, 2.24) is 9.80 Å². The fourth-order valence-corrected chi connectivity index (χ4v) is 3.54. The number of hydrogen-bond acceptors (Lipinski definition) is 4. The summed E-state index contributed by atoms with van der Waals surface area (Å²) >= 11 is 0. The van der Waals surface area contributed by atoms with E-state index in [1.54, 1.807) is 6.07 Å². The van der Waals surface area contributed by atoms with Crippen molar-refractivity contribution in [2.24, 2.45) is 0 Å². The summed E-state index contributed by atoms with van der Waals surface area (Å²) in [5, 5.41) is 0. The number of nitrogens with zero attached hydrogens (tertiary/aromatic N) is 2. The Kier molecular flexibility index (Phi) is 5.96. The Bertz CT molecular complexity index is 944. The molecule has 1 amide bonds. The molecule has 1 fully saturated rings. The number of piperazine rings is 1. The van der Waals surface area contributed by atoms with E-state index >= 15 is 0 Å². The standard InChI is InChI=1S/C24H26N2O3/c1-19-7-5-6-10-22(19)28-18-21-11-12-23(29-21)24(27)26-15-13-25(14-16-26)17-20-8-3-2-4-9-20/h2-12H,13-18H2,1H3. The van der Waals surface area contributed by atoms with E-state index in [4.69, 9.17) is 9.15 Å². The second-order valence-electron chi connectivity index (χ2n) is 7.37. The van der Waals surface area contributed by atoms with Gasteiger partial charge in [0.25, 0.3) is 5.91 Å². The number of para-hydroxylation sites is 1. The van der Waals surface area contributed by atoms with Gasteiger partial charge in [0.1, 0.15) is 18.1 Å². The highest BCUT2D eigenvalue weighted by molar-refractivity contribution is 5.91. The Labute approximate surface area is 171 Å². The predicted octanol–water partition coefficient (Wildman–Crippen LogP) is 4.13. The number of hydrogen-bond donors (Lipinski definition) is 0. The minimum Gasteiger partial charge on any atom is -0.485 e. The number of carbonyl (C=O) groups excluding carboxylic acids is 1. The van der Waals surface area contributed by atoms with Crippen molar-refractivity contribution in [2.75, 3.05) is 26.2 Å². The van der Waals surface area contributed by atoms with Crippen molar-refractivity contribution < 1.29 is 13.9 Å². The van der Waals surface area contributed by atoms with Gasteiger partial charge in [0, 0.05) is 32.7 Å². The minimum absolute atomic E-state index is 0.0495. The fourth-order valence-electron chi connectivity index (χ4n) is 3.54. The minimum atomic E-state index is -0.0495. The van der Waals surface area contributed by atoms with E-state index in [9.17, 15) is 4.79 Å². The summed E-state index contributed by atoms with van der Waals surface area (Å²) in [6.45, 7) is 6.38. The molecule has 0 bridgehead atoms. The van der Waals surface area contributed by atoms with Gasteiger partial charge in [-0.25, -0.2) is 0 Å². The molecule has 3 aromatic rings. The quantitative estimate of drug-likeness (QED) is 0.635. The third-order valence-electron chi connectivity index (χ3n) is 5.24. The van der Waals surface area contributed by atoms with Gasteiger partial charge < -0.3 is 14.1 Å². The molecule has 0 unspecified atom stereocenters. The Hall–Kier alpha value is -3.05. The third-order valence-corrected chi connectivity index (χ3v) is 5.24. The number of furan rings is 1. The van der Waals surface area contributed by atoms with Crippen LogP contribution in [0.15, 0.2) is 71.1 Å². The lowest BCUT2D eigenvalue weighted by atomic mass is 10.2. The molecule has 0 radical (unpaired) electrons. The molecule has 150 valence electrons. The zero-order valence-electron chi connectivity index (χ0n) is 16.7. The van der Waals surface area contributed by atoms with Crippen molar-refractivity contribution >= 4 is 5.91 Å². The summed E-state index contributed by atoms with van der Waals surface area (Å²) in [6, 6.07) is 21.8. The first-order valence-electron chi connectivity index (χ1n) is 10.0. The van der Waals surface area contributed by atoms with Crippen LogP contribution in [0.2, 0.25) is 0 Å². The molecule has 1 aromatic heterocycles. The maximum Gasteiger partial charge on any atom is 0.289 e. The molecule has 0 spiro atoms. The fraction of sp³-hybridized carbons (Fsp3) is 0.292. The van der Waals surface area contributed by atoms with E-state index in [1.807, 2.05) is 48.2 Å². The molecule has 0 N–H and O–H groups in total. The molecule has 1 aliphatic rings. The van der Waals surface area contributed by atoms with E-state index in [0.717, 1.165) is 30.9 Å². The molecule has 0 aliphatic carbocycles. The van der Waals surface area contributed by atoms with Gasteiger partial charge in [-0.3, -0.25) is 9.69 Å². The number of rotatable bonds is 6. The average molecular weight is 390 g/mol. The van der Waals surface area contributed by atoms with Gasteiger partial charge in [0.05, 0.1) is 0 Å². The normalized spacial score (nSPS) is 14.7. The van der Waals surface area contributed by atoms with Crippen LogP contribution in [0.4, 0.5) is 0 Å². The Balaban J connectivity index is 1.29. The number of aryl methyl sites for hydroxylation is 1. The highest BCUT2D eigenvalue weighted by Crippen LogP contribution is 2.19. The highest BCUT2D eigenvalue weighted by Gasteiger charge is 2.24. The van der Waals surface area contributed by atoms with Crippen LogP contribution < -0.4 is 4.74 Å². The largest absolute Gasteiger partial charge is 0.485 e. The van der Waals surface area contributed by atoms with Crippen LogP contribution >= 0.6 is 0 Å². The number of carbonyl (C=O) groups is 1. The smallest absolute Gasteiger partial charge is 0.289 e. The molecule has 0 saturated carbocycles. The molecule has 29 heavy (non-hydrogen) atoms. The van der Waals surface area contributed by atoms with Crippen LogP contribution in [-0.2, 0) is 13.2 Å². The molecule has 1 saturated heterocycles. The van der Waals surface area contributed by atoms with Gasteiger partial charge in [-0.2, -0.15) is 0 Å². The van der Waals surface area contributed by atoms with Gasteiger partial charge in [-0.15, -0.1) is 0 Å². The summed E-state index contributed by atoms with van der Waals surface area (Å²) in [5.74, 6) is 1.81. The lowest BCUT2D eigenvalue weighted by Gasteiger charge is -2.34. The summed E-state index contributed by atoms with van der Waals surface area (Å²) in [4.78, 5) is 17.0. The Morgan fingerprint density at radius 2 is 1.66 bits per heavy atom. The number of amides is 1. The SMILES string of the molecule is Cc1ccccc1OCc1ccc(C(=O)N2CCN(Cc3ccccc3)CC2)o1. The van der Waals surface area contributed by atoms with Crippen LogP contribution in [0.1, 0.15) is 27.4 Å². The van der Waals surface area contributed by atoms with Crippen molar-refractivity contribution in [3.8, 4) is 5.75 Å². The topological polar surface area (TPSA) is 45.9 Å². The highest BCUT2D eigenvalue weighted by atomic mass is 16.5. The maximum absolute atomic E-state index is 12.8. The summed E-state index contributed by atoms with van der Waals surface area (Å²) in [6.07, 6.45) is 0. The molecule has 4 rings (SSSR count). The molecular weight excluding hydrogens is 364 g/mol. The van der Waals surface area contributed by atoms with Crippen LogP contribution in [0, 0.1) is 6.92 Å². The van der Waals surface area contributed by atoms with Gasteiger partial charge in [-0.1, -0.05) is 48.5 Å². The molecular formula is C24H26N2O3. The van der Waals surface area contributed by atoms with E-state index in [0.29, 0.717) is 31.2 Å². The first-order chi connectivity index (χ1) is 14.2. The van der Waals surface area contributed by atoms with Crippen LogP contribution in [0.5, 0.6) is 5.75 Å². The lowest BCUT2D eigenvalue weighted by Crippen LogP contribution is -2.48. The monoisotopic (exact) mass is 390 g/mol. The summed E-state index contributed by atoms with van der Waals surface area (Å²) in [5.41, 5.74) is 2.38. The van der Waals surface area contributed by atoms with Gasteiger partial charge in [0.15, 0.2) is 5.76 Å². The molecule has 2 heterocycles. The second-order valence-corrected chi connectivity index (χ2v) is 7.37. The predicted molar refractivity (Wildman–Crippen MR) is 112 cm³/mol. The first-order valence-corrected chi connectivity index (χ1v) is 10.0. The maximum atomic E-state index is 12.8. The molecule has 1 aliphatic heterocycles. The van der Waals surface area contributed by atoms with Crippen LogP contribution in [0.25, 0.3) is 0 Å². The number of benzene rings is 2. The molecule has 5 nitrogen and oxygen atoms in total. The molecule has 5 heteroatoms. The van der Waals surface area contributed by atoms with Gasteiger partial charge in [-0.05, 0) is 36.2 Å². The Morgan fingerprint density at radius 3 is 2.41 bits per heavy atom. The van der Waals surface area contributed by atoms with E-state index in [2.05, 4.69) is 29.2 Å². The van der Waals surface area contributed by atoms with Crippen LogP contribution in [-0.4, -0.2) is 41.9 Å². The van der Waals surface area contributed by atoms with Gasteiger partial charge in [0.2, 0.25) is 0 Å². The average Bonchev–Trinajstić information content (AvgIpc) is 3.23. The number of ether oxygens (including phenoxy) is 1. The zero-order valence-corrected chi connectivity index (χ0v) is 16.7. The second kappa shape index (κ2) is 8.97. The van der Waals surface area contributed by atoms with Gasteiger partial charge >= 0.3 is 0 Å². The zero-order chi connectivity index (χ0) is 20.1. The first kappa shape index (κ1) is 19.3. The summed E-state index contributed by atoms with van der Waals surface area (Å²) in [7, 11) is 0. The summed E-state index contributed by atoms with van der Waals surface area (Å²) < 4.78 is 11.6. The molecule has 2 aromatic carbocycles. The van der Waals surface area contributed by atoms with Crippen LogP contribution in [0.3, 0.4) is 0 Å². The molecule has 0 atom stereocenters. The lowest BCUT2D eigenvalue weighted by molar-refractivity contribution is 0.0594. The van der Waals surface area contributed by atoms with Crippen molar-refractivity contribution in [3.63, 3.8) is 0 Å². The van der Waals surface area contributed by atoms with Crippen molar-refractivity contribution in [3.05, 3.63) is 89.4 Å².